The Kier molecular flexibility index (Phi) is 5.42. The summed E-state index contributed by atoms with van der Waals surface area (Å²) < 4.78 is 12.1. The standard InChI is InChI=1S/C20H23BrN2O2/c1-12(2)17-9-14-10-18(24-3)19(25-4)11-16(14)20(23-22-17)13-5-7-15(21)8-6-13/h5-8,10-12,17,20H,9H2,1-4H3. The topological polar surface area (TPSA) is 43.2 Å². The highest BCUT2D eigenvalue weighted by molar-refractivity contribution is 9.10. The van der Waals surface area contributed by atoms with Gasteiger partial charge in [-0.3, -0.25) is 0 Å². The summed E-state index contributed by atoms with van der Waals surface area (Å²) in [5, 5.41) is 9.37. The van der Waals surface area contributed by atoms with Crippen LogP contribution in [-0.4, -0.2) is 20.3 Å². The number of methoxy groups -OCH3 is 2. The number of ether oxygens (including phenoxy) is 2. The van der Waals surface area contributed by atoms with Gasteiger partial charge in [0.2, 0.25) is 0 Å². The lowest BCUT2D eigenvalue weighted by Crippen LogP contribution is -2.15. The molecule has 0 radical (unpaired) electrons. The number of hydrogen-bond donors (Lipinski definition) is 0. The Balaban J connectivity index is 2.15. The second-order valence-electron chi connectivity index (χ2n) is 6.61. The van der Waals surface area contributed by atoms with Gasteiger partial charge >= 0.3 is 0 Å². The molecule has 0 amide bonds. The van der Waals surface area contributed by atoms with Crippen molar-refractivity contribution >= 4 is 15.9 Å². The van der Waals surface area contributed by atoms with Crippen molar-refractivity contribution < 1.29 is 9.47 Å². The highest BCUT2D eigenvalue weighted by Gasteiger charge is 2.26. The van der Waals surface area contributed by atoms with Crippen LogP contribution in [0.5, 0.6) is 11.5 Å². The third-order valence-corrected chi connectivity index (χ3v) is 5.18. The molecule has 0 aromatic heterocycles. The van der Waals surface area contributed by atoms with Gasteiger partial charge in [0.25, 0.3) is 0 Å². The van der Waals surface area contributed by atoms with Crippen LogP contribution in [0.4, 0.5) is 0 Å². The van der Waals surface area contributed by atoms with Crippen LogP contribution in [0.3, 0.4) is 0 Å². The van der Waals surface area contributed by atoms with Crippen molar-refractivity contribution in [1.29, 1.82) is 0 Å². The maximum absolute atomic E-state index is 5.52. The first kappa shape index (κ1) is 17.9. The summed E-state index contributed by atoms with van der Waals surface area (Å²) in [7, 11) is 3.33. The SMILES string of the molecule is COc1cc2c(cc1OC)C(c1ccc(Br)cc1)N=NC(C(C)C)C2. The molecule has 1 aliphatic rings. The predicted octanol–water partition coefficient (Wildman–Crippen LogP) is 5.59. The van der Waals surface area contributed by atoms with E-state index in [0.717, 1.165) is 33.5 Å². The van der Waals surface area contributed by atoms with Gasteiger partial charge in [-0.05, 0) is 53.3 Å². The van der Waals surface area contributed by atoms with Gasteiger partial charge in [-0.2, -0.15) is 10.2 Å². The predicted molar refractivity (Wildman–Crippen MR) is 103 cm³/mol. The van der Waals surface area contributed by atoms with Gasteiger partial charge in [0.15, 0.2) is 11.5 Å². The summed E-state index contributed by atoms with van der Waals surface area (Å²) in [6.07, 6.45) is 0.851. The van der Waals surface area contributed by atoms with Crippen LogP contribution in [0.15, 0.2) is 51.1 Å². The van der Waals surface area contributed by atoms with E-state index in [2.05, 4.69) is 53.1 Å². The van der Waals surface area contributed by atoms with Gasteiger partial charge in [0.1, 0.15) is 6.04 Å². The summed E-state index contributed by atoms with van der Waals surface area (Å²) in [6.45, 7) is 4.37. The second kappa shape index (κ2) is 7.56. The molecule has 0 N–H and O–H groups in total. The summed E-state index contributed by atoms with van der Waals surface area (Å²) >= 11 is 3.50. The molecule has 0 bridgehead atoms. The molecule has 5 heteroatoms. The van der Waals surface area contributed by atoms with Gasteiger partial charge in [0.05, 0.1) is 20.3 Å². The minimum Gasteiger partial charge on any atom is -0.493 e. The maximum Gasteiger partial charge on any atom is 0.161 e. The van der Waals surface area contributed by atoms with Crippen LogP contribution in [0, 0.1) is 5.92 Å². The molecule has 0 saturated carbocycles. The molecule has 1 heterocycles. The van der Waals surface area contributed by atoms with Crippen molar-refractivity contribution in [2.75, 3.05) is 14.2 Å². The molecule has 1 aliphatic heterocycles. The minimum absolute atomic E-state index is 0.133. The zero-order valence-corrected chi connectivity index (χ0v) is 16.6. The van der Waals surface area contributed by atoms with Crippen molar-refractivity contribution in [2.45, 2.75) is 32.4 Å². The summed E-state index contributed by atoms with van der Waals surface area (Å²) in [6, 6.07) is 12.4. The Morgan fingerprint density at radius 3 is 2.24 bits per heavy atom. The Morgan fingerprint density at radius 1 is 1.00 bits per heavy atom. The quantitative estimate of drug-likeness (QED) is 0.668. The zero-order valence-electron chi connectivity index (χ0n) is 15.0. The van der Waals surface area contributed by atoms with Gasteiger partial charge in [-0.1, -0.05) is 41.9 Å². The van der Waals surface area contributed by atoms with E-state index >= 15 is 0 Å². The molecule has 2 unspecified atom stereocenters. The van der Waals surface area contributed by atoms with Gasteiger partial charge in [0, 0.05) is 4.47 Å². The fourth-order valence-electron chi connectivity index (χ4n) is 3.11. The Morgan fingerprint density at radius 2 is 1.64 bits per heavy atom. The number of benzene rings is 2. The maximum atomic E-state index is 5.52. The summed E-state index contributed by atoms with van der Waals surface area (Å²) in [5.41, 5.74) is 3.46. The summed E-state index contributed by atoms with van der Waals surface area (Å²) in [4.78, 5) is 0. The molecule has 0 aliphatic carbocycles. The van der Waals surface area contributed by atoms with Crippen LogP contribution < -0.4 is 9.47 Å². The van der Waals surface area contributed by atoms with Gasteiger partial charge in [-0.15, -0.1) is 0 Å². The smallest absolute Gasteiger partial charge is 0.161 e. The molecule has 0 fully saturated rings. The number of nitrogens with zero attached hydrogens (tertiary/aromatic N) is 2. The van der Waals surface area contributed by atoms with E-state index in [0.29, 0.717) is 5.92 Å². The van der Waals surface area contributed by atoms with E-state index in [-0.39, 0.29) is 12.1 Å². The van der Waals surface area contributed by atoms with Gasteiger partial charge < -0.3 is 9.47 Å². The van der Waals surface area contributed by atoms with Crippen molar-refractivity contribution in [3.05, 3.63) is 57.6 Å². The molecule has 2 atom stereocenters. The molecule has 2 aromatic rings. The first-order valence-electron chi connectivity index (χ1n) is 8.43. The number of hydrogen-bond acceptors (Lipinski definition) is 4. The molecular formula is C20H23BrN2O2. The fourth-order valence-corrected chi connectivity index (χ4v) is 3.37. The van der Waals surface area contributed by atoms with Crippen molar-refractivity contribution in [1.82, 2.24) is 0 Å². The fraction of sp³-hybridized carbons (Fsp3) is 0.400. The second-order valence-corrected chi connectivity index (χ2v) is 7.52. The van der Waals surface area contributed by atoms with Crippen LogP contribution in [0.25, 0.3) is 0 Å². The normalized spacial score (nSPS) is 19.4. The molecule has 132 valence electrons. The van der Waals surface area contributed by atoms with E-state index in [9.17, 15) is 0 Å². The average Bonchev–Trinajstić information content (AvgIpc) is 2.80. The molecule has 3 rings (SSSR count). The Hall–Kier alpha value is -1.88. The molecule has 0 spiro atoms. The highest BCUT2D eigenvalue weighted by atomic mass is 79.9. The lowest BCUT2D eigenvalue weighted by atomic mass is 9.90. The molecular weight excluding hydrogens is 380 g/mol. The average molecular weight is 403 g/mol. The monoisotopic (exact) mass is 402 g/mol. The largest absolute Gasteiger partial charge is 0.493 e. The van der Waals surface area contributed by atoms with Crippen molar-refractivity contribution in [2.24, 2.45) is 16.1 Å². The minimum atomic E-state index is -0.133. The van der Waals surface area contributed by atoms with Crippen LogP contribution in [0.1, 0.15) is 36.6 Å². The lowest BCUT2D eigenvalue weighted by Gasteiger charge is -2.18. The number of halogens is 1. The number of azo groups is 1. The van der Waals surface area contributed by atoms with Gasteiger partial charge in [-0.25, -0.2) is 0 Å². The summed E-state index contributed by atoms with van der Waals surface area (Å²) in [5.74, 6) is 1.90. The van der Waals surface area contributed by atoms with Crippen LogP contribution >= 0.6 is 15.9 Å². The third kappa shape index (κ3) is 3.71. The zero-order chi connectivity index (χ0) is 18.0. The van der Waals surface area contributed by atoms with Crippen LogP contribution in [-0.2, 0) is 6.42 Å². The Labute approximate surface area is 157 Å². The van der Waals surface area contributed by atoms with Crippen molar-refractivity contribution in [3.8, 4) is 11.5 Å². The Bertz CT molecular complexity index is 772. The number of rotatable bonds is 4. The lowest BCUT2D eigenvalue weighted by molar-refractivity contribution is 0.353. The number of fused-ring (bicyclic) bond motifs is 1. The van der Waals surface area contributed by atoms with E-state index in [1.165, 1.54) is 5.56 Å². The molecule has 0 saturated heterocycles. The van der Waals surface area contributed by atoms with E-state index in [1.54, 1.807) is 14.2 Å². The molecule has 2 aromatic carbocycles. The third-order valence-electron chi connectivity index (χ3n) is 4.65. The van der Waals surface area contributed by atoms with E-state index in [1.807, 2.05) is 18.2 Å². The highest BCUT2D eigenvalue weighted by Crippen LogP contribution is 2.40. The van der Waals surface area contributed by atoms with E-state index in [4.69, 9.17) is 14.6 Å². The first-order chi connectivity index (χ1) is 12.0. The van der Waals surface area contributed by atoms with Crippen LogP contribution in [0.2, 0.25) is 0 Å². The molecule has 4 nitrogen and oxygen atoms in total. The van der Waals surface area contributed by atoms with E-state index < -0.39 is 0 Å². The van der Waals surface area contributed by atoms with Crippen molar-refractivity contribution in [3.63, 3.8) is 0 Å². The molecule has 25 heavy (non-hydrogen) atoms. The first-order valence-corrected chi connectivity index (χ1v) is 9.23.